The van der Waals surface area contributed by atoms with Crippen molar-refractivity contribution in [3.8, 4) is 0 Å². The molecule has 1 aromatic heterocycles. The minimum Gasteiger partial charge on any atom is -0.480 e. The lowest BCUT2D eigenvalue weighted by Crippen LogP contribution is -2.23. The first-order valence-corrected chi connectivity index (χ1v) is 4.09. The quantitative estimate of drug-likeness (QED) is 0.604. The number of carbonyl (C=O) groups is 1. The second kappa shape index (κ2) is 3.77. The molecule has 5 N–H and O–H groups in total. The molecule has 0 saturated heterocycles. The summed E-state index contributed by atoms with van der Waals surface area (Å²) in [4.78, 5) is 18.1. The van der Waals surface area contributed by atoms with Crippen LogP contribution in [0.15, 0.2) is 0 Å². The molecule has 0 amide bonds. The summed E-state index contributed by atoms with van der Waals surface area (Å²) in [7, 11) is 0. The van der Waals surface area contributed by atoms with Crippen LogP contribution in [0.1, 0.15) is 17.4 Å². The van der Waals surface area contributed by atoms with Crippen LogP contribution in [0.4, 0.5) is 5.82 Å². The molecule has 0 radical (unpaired) electrons. The average Bonchev–Trinajstić information content (AvgIpc) is 2.01. The molecule has 1 unspecified atom stereocenters. The molecule has 1 aromatic rings. The van der Waals surface area contributed by atoms with Crippen molar-refractivity contribution >= 4 is 23.4 Å². The average molecular weight is 217 g/mol. The number of nitrogens with zero attached hydrogens (tertiary/aromatic N) is 2. The van der Waals surface area contributed by atoms with E-state index in [-0.39, 0.29) is 16.5 Å². The van der Waals surface area contributed by atoms with Gasteiger partial charge in [-0.15, -0.1) is 0 Å². The van der Waals surface area contributed by atoms with Crippen LogP contribution >= 0.6 is 11.6 Å². The van der Waals surface area contributed by atoms with Gasteiger partial charge in [0.1, 0.15) is 22.8 Å². The van der Waals surface area contributed by atoms with Crippen molar-refractivity contribution in [1.29, 1.82) is 0 Å². The molecule has 0 aliphatic heterocycles. The molecule has 0 spiro atoms. The van der Waals surface area contributed by atoms with E-state index in [2.05, 4.69) is 9.97 Å². The lowest BCUT2D eigenvalue weighted by atomic mass is 10.1. The molecule has 1 heterocycles. The van der Waals surface area contributed by atoms with E-state index in [0.717, 1.165) is 0 Å². The molecule has 76 valence electrons. The summed E-state index contributed by atoms with van der Waals surface area (Å²) in [5, 5.41) is 8.64. The number of aromatic nitrogens is 2. The lowest BCUT2D eigenvalue weighted by Gasteiger charge is -2.10. The highest BCUT2D eigenvalue weighted by atomic mass is 35.5. The molecule has 0 aliphatic carbocycles. The summed E-state index contributed by atoms with van der Waals surface area (Å²) >= 11 is 5.70. The van der Waals surface area contributed by atoms with Crippen molar-refractivity contribution in [3.05, 3.63) is 16.5 Å². The maximum Gasteiger partial charge on any atom is 0.325 e. The number of carboxylic acids is 1. The van der Waals surface area contributed by atoms with Crippen LogP contribution in [0.25, 0.3) is 0 Å². The molecule has 0 fully saturated rings. The van der Waals surface area contributed by atoms with Crippen molar-refractivity contribution in [2.24, 2.45) is 5.73 Å². The van der Waals surface area contributed by atoms with Crippen LogP contribution in [0.5, 0.6) is 0 Å². The Bertz CT molecular complexity index is 359. The van der Waals surface area contributed by atoms with Crippen LogP contribution in [0.3, 0.4) is 0 Å². The summed E-state index contributed by atoms with van der Waals surface area (Å²) in [6.45, 7) is 1.60. The van der Waals surface area contributed by atoms with Gasteiger partial charge in [-0.05, 0) is 6.92 Å². The Morgan fingerprint density at radius 3 is 2.57 bits per heavy atom. The highest BCUT2D eigenvalue weighted by Crippen LogP contribution is 2.24. The summed E-state index contributed by atoms with van der Waals surface area (Å²) in [5.74, 6) is -0.864. The maximum atomic E-state index is 10.6. The van der Waals surface area contributed by atoms with E-state index in [1.165, 1.54) is 0 Å². The molecule has 6 nitrogen and oxygen atoms in total. The van der Waals surface area contributed by atoms with E-state index < -0.39 is 12.0 Å². The van der Waals surface area contributed by atoms with Gasteiger partial charge in [-0.2, -0.15) is 0 Å². The van der Waals surface area contributed by atoms with E-state index in [1.807, 2.05) is 0 Å². The van der Waals surface area contributed by atoms with Gasteiger partial charge in [-0.3, -0.25) is 4.79 Å². The first-order chi connectivity index (χ1) is 6.43. The number of aliphatic carboxylic acids is 1. The second-order valence-corrected chi connectivity index (χ2v) is 3.03. The zero-order chi connectivity index (χ0) is 10.9. The Balaban J connectivity index is 3.27. The fourth-order valence-corrected chi connectivity index (χ4v) is 1.32. The van der Waals surface area contributed by atoms with Gasteiger partial charge in [-0.1, -0.05) is 11.6 Å². The van der Waals surface area contributed by atoms with Crippen LogP contribution < -0.4 is 11.5 Å². The molecule has 14 heavy (non-hydrogen) atoms. The predicted octanol–water partition coefficient (Wildman–Crippen LogP) is 0.105. The Labute approximate surface area is 84.9 Å². The van der Waals surface area contributed by atoms with E-state index in [9.17, 15) is 4.79 Å². The largest absolute Gasteiger partial charge is 0.480 e. The van der Waals surface area contributed by atoms with Gasteiger partial charge >= 0.3 is 5.97 Å². The van der Waals surface area contributed by atoms with E-state index >= 15 is 0 Å². The van der Waals surface area contributed by atoms with Crippen molar-refractivity contribution in [3.63, 3.8) is 0 Å². The number of nitrogens with two attached hydrogens (primary N) is 2. The number of rotatable bonds is 2. The summed E-state index contributed by atoms with van der Waals surface area (Å²) in [6, 6.07) is -1.30. The Kier molecular flexibility index (Phi) is 2.87. The van der Waals surface area contributed by atoms with Gasteiger partial charge in [0, 0.05) is 0 Å². The van der Waals surface area contributed by atoms with Crippen molar-refractivity contribution < 1.29 is 9.90 Å². The normalized spacial score (nSPS) is 12.5. The van der Waals surface area contributed by atoms with E-state index in [0.29, 0.717) is 5.82 Å². The van der Waals surface area contributed by atoms with Crippen molar-refractivity contribution in [2.75, 3.05) is 5.73 Å². The molecule has 7 heteroatoms. The van der Waals surface area contributed by atoms with Gasteiger partial charge in [0.05, 0.1) is 5.56 Å². The Hall–Kier alpha value is -1.40. The minimum absolute atomic E-state index is 0.00241. The number of aryl methyl sites for hydroxylation is 1. The highest BCUT2D eigenvalue weighted by molar-refractivity contribution is 6.30. The number of halogens is 1. The number of nitrogen functional groups attached to an aromatic ring is 1. The molecule has 0 saturated carbocycles. The fourth-order valence-electron chi connectivity index (χ4n) is 0.979. The SMILES string of the molecule is Cc1nc(N)c(C(N)C(=O)O)c(Cl)n1. The third-order valence-electron chi connectivity index (χ3n) is 1.62. The second-order valence-electron chi connectivity index (χ2n) is 2.68. The van der Waals surface area contributed by atoms with E-state index in [4.69, 9.17) is 28.2 Å². The van der Waals surface area contributed by atoms with Crippen molar-refractivity contribution in [2.45, 2.75) is 13.0 Å². The van der Waals surface area contributed by atoms with Crippen LogP contribution in [-0.4, -0.2) is 21.0 Å². The number of carboxylic acid groups (broad SMARTS) is 1. The summed E-state index contributed by atoms with van der Waals surface area (Å²) in [6.07, 6.45) is 0. The standard InChI is InChI=1S/C7H9ClN4O2/c1-2-11-5(8)3(6(10)12-2)4(9)7(13)14/h4H,9H2,1H3,(H,13,14)(H2,10,11,12). The monoisotopic (exact) mass is 216 g/mol. The smallest absolute Gasteiger partial charge is 0.325 e. The van der Waals surface area contributed by atoms with Gasteiger partial charge in [-0.25, -0.2) is 9.97 Å². The van der Waals surface area contributed by atoms with Gasteiger partial charge in [0.25, 0.3) is 0 Å². The molecule has 0 bridgehead atoms. The number of anilines is 1. The lowest BCUT2D eigenvalue weighted by molar-refractivity contribution is -0.138. The van der Waals surface area contributed by atoms with Crippen LogP contribution in [-0.2, 0) is 4.79 Å². The molecule has 1 rings (SSSR count). The number of hydrogen-bond donors (Lipinski definition) is 3. The molecular formula is C7H9ClN4O2. The molecule has 0 aromatic carbocycles. The number of hydrogen-bond acceptors (Lipinski definition) is 5. The molecule has 0 aliphatic rings. The third-order valence-corrected chi connectivity index (χ3v) is 1.91. The fraction of sp³-hybridized carbons (Fsp3) is 0.286. The topological polar surface area (TPSA) is 115 Å². The maximum absolute atomic E-state index is 10.6. The first kappa shape index (κ1) is 10.7. The first-order valence-electron chi connectivity index (χ1n) is 3.71. The van der Waals surface area contributed by atoms with Crippen LogP contribution in [0, 0.1) is 6.92 Å². The van der Waals surface area contributed by atoms with Gasteiger partial charge in [0.15, 0.2) is 0 Å². The zero-order valence-corrected chi connectivity index (χ0v) is 8.12. The predicted molar refractivity (Wildman–Crippen MR) is 50.8 cm³/mol. The molecular weight excluding hydrogens is 208 g/mol. The van der Waals surface area contributed by atoms with E-state index in [1.54, 1.807) is 6.92 Å². The zero-order valence-electron chi connectivity index (χ0n) is 7.36. The minimum atomic E-state index is -1.30. The highest BCUT2D eigenvalue weighted by Gasteiger charge is 2.22. The van der Waals surface area contributed by atoms with Crippen molar-refractivity contribution in [1.82, 2.24) is 9.97 Å². The summed E-state index contributed by atoms with van der Waals surface area (Å²) < 4.78 is 0. The van der Waals surface area contributed by atoms with Gasteiger partial charge < -0.3 is 16.6 Å². The Morgan fingerprint density at radius 1 is 1.57 bits per heavy atom. The summed E-state index contributed by atoms with van der Waals surface area (Å²) in [5.41, 5.74) is 10.9. The molecule has 1 atom stereocenters. The third kappa shape index (κ3) is 1.91. The van der Waals surface area contributed by atoms with Crippen LogP contribution in [0.2, 0.25) is 5.15 Å². The Morgan fingerprint density at radius 2 is 2.14 bits per heavy atom. The van der Waals surface area contributed by atoms with Gasteiger partial charge in [0.2, 0.25) is 0 Å².